The average Bonchev–Trinajstić information content (AvgIpc) is 3.25. The van der Waals surface area contributed by atoms with Crippen molar-refractivity contribution in [3.8, 4) is 22.3 Å². The zero-order chi connectivity index (χ0) is 29.0. The van der Waals surface area contributed by atoms with E-state index < -0.39 is 7.15 Å². The van der Waals surface area contributed by atoms with Gasteiger partial charge in [0.05, 0.1) is 8.52 Å². The maximum absolute atomic E-state index is 9.96. The molecular formula is C31H33BBrFN3S. The van der Waals surface area contributed by atoms with Crippen molar-refractivity contribution in [1.29, 1.82) is 0 Å². The van der Waals surface area contributed by atoms with Crippen LogP contribution in [0.1, 0.15) is 51.3 Å². The number of nitrogens with two attached hydrogens (primary N) is 2. The van der Waals surface area contributed by atoms with Gasteiger partial charge in [-0.1, -0.05) is 82.3 Å². The fraction of sp³-hybridized carbons (Fsp3) is 0.226. The molecule has 38 heavy (non-hydrogen) atoms. The number of benzene rings is 4. The molecule has 0 heterocycles. The van der Waals surface area contributed by atoms with Crippen molar-refractivity contribution in [2.75, 3.05) is 18.6 Å². The van der Waals surface area contributed by atoms with E-state index in [1.807, 2.05) is 6.07 Å². The normalized spacial score (nSPS) is 14.3. The third-order valence-corrected chi connectivity index (χ3v) is 8.00. The van der Waals surface area contributed by atoms with E-state index in [4.69, 9.17) is 12.8 Å². The van der Waals surface area contributed by atoms with Crippen LogP contribution in [-0.2, 0) is 10.8 Å². The Kier molecular flexibility index (Phi) is 8.79. The molecule has 195 valence electrons. The summed E-state index contributed by atoms with van der Waals surface area (Å²) in [5.41, 5.74) is 24.4. The molecule has 3 nitrogen and oxygen atoms in total. The second-order valence-electron chi connectivity index (χ2n) is 10.2. The standard InChI is InChI=1S/C15H14BrN.C15H15N.CH3F.BHNS/c1-15(2)11-6-4-3-5-9(11)10-7-13(16)14(17)8-12(10)15;1-15(2)13-6-4-3-5-11(13)12-8-7-10(16)9-14(12)15;1-2;1-2-3/h3-8H,17H2,1-2H3;3-9H,16H2,1-2H3;1H3;3H/i;;1D;. The third kappa shape index (κ3) is 5.32. The Morgan fingerprint density at radius 3 is 1.71 bits per heavy atom. The molecule has 0 atom stereocenters. The van der Waals surface area contributed by atoms with E-state index in [1.54, 1.807) is 0 Å². The number of nitrogen functional groups attached to an aromatic ring is 2. The van der Waals surface area contributed by atoms with Gasteiger partial charge in [0.1, 0.15) is 0 Å². The summed E-state index contributed by atoms with van der Waals surface area (Å²) in [5.74, 6) is 0. The Bertz CT molecular complexity index is 1490. The van der Waals surface area contributed by atoms with Crippen LogP contribution in [-0.4, -0.2) is 14.8 Å². The second-order valence-corrected chi connectivity index (χ2v) is 11.3. The van der Waals surface area contributed by atoms with Crippen LogP contribution in [0.4, 0.5) is 15.8 Å². The van der Waals surface area contributed by atoms with E-state index in [2.05, 4.69) is 141 Å². The number of fused-ring (bicyclic) bond motifs is 6. The van der Waals surface area contributed by atoms with Gasteiger partial charge in [-0.3, -0.25) is 4.39 Å². The van der Waals surface area contributed by atoms with Crippen molar-refractivity contribution < 1.29 is 5.76 Å². The van der Waals surface area contributed by atoms with Gasteiger partial charge in [-0.15, -0.1) is 0 Å². The van der Waals surface area contributed by atoms with Crippen LogP contribution >= 0.6 is 28.7 Å². The maximum atomic E-state index is 9.96. The molecule has 0 spiro atoms. The van der Waals surface area contributed by atoms with Gasteiger partial charge in [0, 0.05) is 26.7 Å². The molecule has 0 fully saturated rings. The predicted octanol–water partition coefficient (Wildman–Crippen LogP) is 8.68. The Morgan fingerprint density at radius 1 is 0.763 bits per heavy atom. The fourth-order valence-electron chi connectivity index (χ4n) is 5.46. The molecule has 0 aromatic heterocycles. The predicted molar refractivity (Wildman–Crippen MR) is 169 cm³/mol. The van der Waals surface area contributed by atoms with E-state index in [-0.39, 0.29) is 10.8 Å². The summed E-state index contributed by atoms with van der Waals surface area (Å²) in [6, 6.07) is 27.7. The van der Waals surface area contributed by atoms with Gasteiger partial charge in [-0.2, -0.15) is 0 Å². The summed E-state index contributed by atoms with van der Waals surface area (Å²) in [5, 5.41) is 0. The third-order valence-electron chi connectivity index (χ3n) is 7.31. The van der Waals surface area contributed by atoms with Gasteiger partial charge in [0.2, 0.25) is 0 Å². The quantitative estimate of drug-likeness (QED) is 0.109. The molecule has 0 saturated heterocycles. The first-order valence-corrected chi connectivity index (χ1v) is 13.2. The van der Waals surface area contributed by atoms with Gasteiger partial charge in [-0.25, -0.2) is 0 Å². The number of thiol groups is 1. The van der Waals surface area contributed by atoms with Crippen LogP contribution in [0.25, 0.3) is 22.3 Å². The summed E-state index contributed by atoms with van der Waals surface area (Å²) in [7, 11) is 3.34. The summed E-state index contributed by atoms with van der Waals surface area (Å²) in [4.78, 5) is 0. The van der Waals surface area contributed by atoms with Crippen molar-refractivity contribution in [2.45, 2.75) is 38.5 Å². The van der Waals surface area contributed by atoms with Crippen LogP contribution in [0, 0.1) is 0 Å². The van der Waals surface area contributed by atoms with Crippen LogP contribution in [0.3, 0.4) is 0 Å². The molecule has 0 unspecified atom stereocenters. The van der Waals surface area contributed by atoms with Crippen LogP contribution in [0.2, 0.25) is 0 Å². The molecule has 0 bridgehead atoms. The van der Waals surface area contributed by atoms with Gasteiger partial charge in [-0.05, 0) is 84.7 Å². The molecule has 4 aromatic rings. The molecule has 7 heteroatoms. The number of hydrogen-bond donors (Lipinski definition) is 3. The molecular weight excluding hydrogens is 556 g/mol. The van der Waals surface area contributed by atoms with E-state index >= 15 is 0 Å². The van der Waals surface area contributed by atoms with Crippen molar-refractivity contribution >= 4 is 47.8 Å². The topological polar surface area (TPSA) is 64.4 Å². The summed E-state index contributed by atoms with van der Waals surface area (Å²) in [6.45, 7) is 9.03. The van der Waals surface area contributed by atoms with Gasteiger partial charge in [0.25, 0.3) is 0 Å². The fourth-order valence-corrected chi connectivity index (χ4v) is 5.80. The zero-order valence-electron chi connectivity index (χ0n) is 23.1. The Labute approximate surface area is 242 Å². The van der Waals surface area contributed by atoms with E-state index in [0.29, 0.717) is 0 Å². The van der Waals surface area contributed by atoms with Crippen molar-refractivity contribution in [1.82, 2.24) is 0 Å². The number of alkyl halides is 1. The number of hydrogen-bond acceptors (Lipinski definition) is 4. The second kappa shape index (κ2) is 11.9. The molecule has 0 saturated carbocycles. The SMILES string of the molecule is CC1(C)c2ccccc2-c2cc(Br)c(N)cc21.CC1(C)c2ccccc2-c2ccc(N)cc21.[2H]CF.[B]=NS. The molecule has 6 rings (SSSR count). The zero-order valence-corrected chi connectivity index (χ0v) is 24.6. The number of nitrogens with zero attached hydrogens (tertiary/aromatic N) is 1. The number of rotatable bonds is 0. The summed E-state index contributed by atoms with van der Waals surface area (Å²) in [6.07, 6.45) is 0. The first-order valence-electron chi connectivity index (χ1n) is 12.7. The van der Waals surface area contributed by atoms with E-state index in [1.165, 1.54) is 44.5 Å². The molecule has 4 aromatic carbocycles. The molecule has 0 aliphatic heterocycles. The van der Waals surface area contributed by atoms with Crippen LogP contribution in [0.5, 0.6) is 0 Å². The van der Waals surface area contributed by atoms with E-state index in [0.717, 1.165) is 15.8 Å². The van der Waals surface area contributed by atoms with Crippen LogP contribution < -0.4 is 11.5 Å². The molecule has 4 N–H and O–H groups in total. The molecule has 2 aliphatic carbocycles. The van der Waals surface area contributed by atoms with E-state index in [9.17, 15) is 4.39 Å². The van der Waals surface area contributed by atoms with Gasteiger partial charge < -0.3 is 11.5 Å². The Balaban J connectivity index is 0.000000180. The average molecular weight is 590 g/mol. The van der Waals surface area contributed by atoms with Crippen molar-refractivity contribution in [3.63, 3.8) is 0 Å². The van der Waals surface area contributed by atoms with Crippen LogP contribution in [0.15, 0.2) is 87.6 Å². The van der Waals surface area contributed by atoms with Crippen molar-refractivity contribution in [3.05, 3.63) is 106 Å². The Hall–Kier alpha value is -2.90. The van der Waals surface area contributed by atoms with Crippen molar-refractivity contribution in [2.24, 2.45) is 4.30 Å². The monoisotopic (exact) mass is 589 g/mol. The molecule has 0 amide bonds. The number of anilines is 2. The first-order chi connectivity index (χ1) is 18.4. The summed E-state index contributed by atoms with van der Waals surface area (Å²) >= 11 is 6.70. The molecule has 1 radical (unpaired) electrons. The minimum absolute atomic E-state index is 0.0424. The minimum atomic E-state index is -1.00. The summed E-state index contributed by atoms with van der Waals surface area (Å²) < 4.78 is 19.2. The Morgan fingerprint density at radius 2 is 1.18 bits per heavy atom. The molecule has 2 aliphatic rings. The first kappa shape index (κ1) is 28.1. The number of halogens is 2. The van der Waals surface area contributed by atoms with Gasteiger partial charge >= 0.3 is 24.8 Å². The van der Waals surface area contributed by atoms with Gasteiger partial charge in [0.15, 0.2) is 0 Å².